The highest BCUT2D eigenvalue weighted by molar-refractivity contribution is 5.76. The summed E-state index contributed by atoms with van der Waals surface area (Å²) in [5.74, 6) is 0.388. The first-order chi connectivity index (χ1) is 13.3. The Labute approximate surface area is 165 Å². The third-order valence-electron chi connectivity index (χ3n) is 5.05. The molecule has 0 spiro atoms. The fourth-order valence-electron chi connectivity index (χ4n) is 3.68. The molecule has 0 unspecified atom stereocenters. The van der Waals surface area contributed by atoms with E-state index in [1.807, 2.05) is 38.7 Å². The van der Waals surface area contributed by atoms with E-state index in [0.29, 0.717) is 38.2 Å². The Balaban J connectivity index is 1.53. The number of rotatable bonds is 6. The number of halogens is 1. The average Bonchev–Trinajstić information content (AvgIpc) is 2.95. The highest BCUT2D eigenvalue weighted by Gasteiger charge is 2.24. The second-order valence-corrected chi connectivity index (χ2v) is 7.53. The molecule has 1 amide bonds. The van der Waals surface area contributed by atoms with E-state index in [1.165, 1.54) is 6.07 Å². The van der Waals surface area contributed by atoms with Gasteiger partial charge in [0, 0.05) is 31.6 Å². The van der Waals surface area contributed by atoms with Crippen molar-refractivity contribution in [2.75, 3.05) is 18.0 Å². The van der Waals surface area contributed by atoms with Crippen molar-refractivity contribution in [2.24, 2.45) is 0 Å². The van der Waals surface area contributed by atoms with Gasteiger partial charge in [-0.1, -0.05) is 11.2 Å². The lowest BCUT2D eigenvalue weighted by Crippen LogP contribution is -2.45. The van der Waals surface area contributed by atoms with Crippen molar-refractivity contribution in [3.63, 3.8) is 0 Å². The zero-order chi connectivity index (χ0) is 20.3. The highest BCUT2D eigenvalue weighted by atomic mass is 19.1. The molecule has 152 valence electrons. The van der Waals surface area contributed by atoms with Crippen molar-refractivity contribution >= 4 is 11.6 Å². The molecule has 1 fully saturated rings. The fraction of sp³-hybridized carbons (Fsp3) is 0.524. The number of benzene rings is 1. The number of nitrogens with zero attached hydrogens (tertiary/aromatic N) is 2. The number of nitrogens with one attached hydrogen (secondary N) is 1. The van der Waals surface area contributed by atoms with Gasteiger partial charge < -0.3 is 19.5 Å². The van der Waals surface area contributed by atoms with Gasteiger partial charge in [-0.2, -0.15) is 0 Å². The van der Waals surface area contributed by atoms with Crippen LogP contribution in [-0.4, -0.2) is 36.4 Å². The van der Waals surface area contributed by atoms with E-state index in [9.17, 15) is 9.18 Å². The molecule has 0 radical (unpaired) electrons. The van der Waals surface area contributed by atoms with E-state index in [4.69, 9.17) is 9.26 Å². The molecule has 2 aromatic rings. The predicted octanol–water partition coefficient (Wildman–Crippen LogP) is 3.29. The first kappa shape index (κ1) is 20.3. The minimum Gasteiger partial charge on any atom is -0.372 e. The first-order valence-electron chi connectivity index (χ1n) is 9.70. The number of ether oxygens (including phenoxy) is 1. The third-order valence-corrected chi connectivity index (χ3v) is 5.05. The molecule has 2 atom stereocenters. The SMILES string of the molecule is Cc1noc(C)c1CCC(=O)NCc1ccc(N2C[C@@H](C)O[C@@H](C)C2)c(F)c1. The van der Waals surface area contributed by atoms with Crippen LogP contribution in [0.15, 0.2) is 22.7 Å². The number of aryl methyl sites for hydroxylation is 2. The average molecular weight is 389 g/mol. The lowest BCUT2D eigenvalue weighted by Gasteiger charge is -2.37. The van der Waals surface area contributed by atoms with Crippen LogP contribution in [0.3, 0.4) is 0 Å². The third kappa shape index (κ3) is 4.90. The van der Waals surface area contributed by atoms with Crippen LogP contribution in [0.2, 0.25) is 0 Å². The summed E-state index contributed by atoms with van der Waals surface area (Å²) in [7, 11) is 0. The number of hydrogen-bond donors (Lipinski definition) is 1. The summed E-state index contributed by atoms with van der Waals surface area (Å²) in [4.78, 5) is 14.1. The number of anilines is 1. The maximum atomic E-state index is 14.6. The number of carbonyl (C=O) groups excluding carboxylic acids is 1. The van der Waals surface area contributed by atoms with Gasteiger partial charge >= 0.3 is 0 Å². The van der Waals surface area contributed by atoms with E-state index in [-0.39, 0.29) is 23.9 Å². The van der Waals surface area contributed by atoms with Crippen LogP contribution in [0.5, 0.6) is 0 Å². The van der Waals surface area contributed by atoms with Gasteiger partial charge in [0.1, 0.15) is 11.6 Å². The second kappa shape index (κ2) is 8.73. The van der Waals surface area contributed by atoms with Gasteiger partial charge in [0.15, 0.2) is 0 Å². The highest BCUT2D eigenvalue weighted by Crippen LogP contribution is 2.24. The summed E-state index contributed by atoms with van der Waals surface area (Å²) >= 11 is 0. The van der Waals surface area contributed by atoms with Crippen LogP contribution in [0.4, 0.5) is 10.1 Å². The minimum atomic E-state index is -0.274. The van der Waals surface area contributed by atoms with Crippen LogP contribution >= 0.6 is 0 Å². The molecule has 2 heterocycles. The van der Waals surface area contributed by atoms with Gasteiger partial charge in [-0.05, 0) is 51.8 Å². The standard InChI is InChI=1S/C21H28FN3O3/c1-13-11-25(12-14(2)27-13)20-7-5-17(9-19(20)22)10-23-21(26)8-6-18-15(3)24-28-16(18)4/h5,7,9,13-14H,6,8,10-12H2,1-4H3,(H,23,26)/t13-,14+. The van der Waals surface area contributed by atoms with Gasteiger partial charge in [-0.25, -0.2) is 4.39 Å². The Hall–Kier alpha value is -2.41. The molecule has 1 aromatic carbocycles. The van der Waals surface area contributed by atoms with Gasteiger partial charge in [0.2, 0.25) is 5.91 Å². The van der Waals surface area contributed by atoms with Crippen LogP contribution in [0.25, 0.3) is 0 Å². The van der Waals surface area contributed by atoms with Gasteiger partial charge in [-0.15, -0.1) is 0 Å². The van der Waals surface area contributed by atoms with Crippen LogP contribution in [0.1, 0.15) is 42.8 Å². The van der Waals surface area contributed by atoms with Crippen LogP contribution < -0.4 is 10.2 Å². The van der Waals surface area contributed by atoms with Crippen LogP contribution in [-0.2, 0) is 22.5 Å². The molecule has 1 aliphatic rings. The molecule has 6 nitrogen and oxygen atoms in total. The molecule has 0 bridgehead atoms. The molecule has 7 heteroatoms. The maximum absolute atomic E-state index is 14.6. The number of carbonyl (C=O) groups is 1. The van der Waals surface area contributed by atoms with Crippen molar-refractivity contribution in [3.05, 3.63) is 46.6 Å². The molecule has 28 heavy (non-hydrogen) atoms. The summed E-state index contributed by atoms with van der Waals surface area (Å²) in [5, 5.41) is 6.74. The molecule has 1 saturated heterocycles. The summed E-state index contributed by atoms with van der Waals surface area (Å²) < 4.78 is 25.4. The number of aromatic nitrogens is 1. The summed E-state index contributed by atoms with van der Waals surface area (Å²) in [5.41, 5.74) is 3.10. The first-order valence-corrected chi connectivity index (χ1v) is 9.70. The summed E-state index contributed by atoms with van der Waals surface area (Å²) in [6, 6.07) is 5.14. The molecule has 0 aliphatic carbocycles. The quantitative estimate of drug-likeness (QED) is 0.821. The Morgan fingerprint density at radius 3 is 2.61 bits per heavy atom. The smallest absolute Gasteiger partial charge is 0.220 e. The largest absolute Gasteiger partial charge is 0.372 e. The predicted molar refractivity (Wildman–Crippen MR) is 105 cm³/mol. The van der Waals surface area contributed by atoms with E-state index in [0.717, 1.165) is 22.6 Å². The van der Waals surface area contributed by atoms with E-state index < -0.39 is 0 Å². The number of hydrogen-bond acceptors (Lipinski definition) is 5. The van der Waals surface area contributed by atoms with E-state index in [1.54, 1.807) is 6.07 Å². The topological polar surface area (TPSA) is 67.6 Å². The van der Waals surface area contributed by atoms with Gasteiger partial charge in [0.25, 0.3) is 0 Å². The minimum absolute atomic E-state index is 0.0693. The van der Waals surface area contributed by atoms with Crippen molar-refractivity contribution in [3.8, 4) is 0 Å². The van der Waals surface area contributed by atoms with Crippen molar-refractivity contribution in [2.45, 2.75) is 59.3 Å². The lowest BCUT2D eigenvalue weighted by atomic mass is 10.1. The second-order valence-electron chi connectivity index (χ2n) is 7.53. The van der Waals surface area contributed by atoms with Crippen LogP contribution in [0, 0.1) is 19.7 Å². The molecular formula is C21H28FN3O3. The lowest BCUT2D eigenvalue weighted by molar-refractivity contribution is -0.121. The van der Waals surface area contributed by atoms with E-state index >= 15 is 0 Å². The monoisotopic (exact) mass is 389 g/mol. The number of morpholine rings is 1. The fourth-order valence-corrected chi connectivity index (χ4v) is 3.68. The molecule has 1 N–H and O–H groups in total. The molecule has 1 aromatic heterocycles. The maximum Gasteiger partial charge on any atom is 0.220 e. The van der Waals surface area contributed by atoms with Gasteiger partial charge in [-0.3, -0.25) is 4.79 Å². The Bertz CT molecular complexity index is 807. The van der Waals surface area contributed by atoms with Gasteiger partial charge in [0.05, 0.1) is 23.6 Å². The van der Waals surface area contributed by atoms with Crippen molar-refractivity contribution in [1.82, 2.24) is 10.5 Å². The summed E-state index contributed by atoms with van der Waals surface area (Å²) in [6.07, 6.45) is 1.06. The number of amides is 1. The zero-order valence-electron chi connectivity index (χ0n) is 16.9. The van der Waals surface area contributed by atoms with Crippen molar-refractivity contribution < 1.29 is 18.4 Å². The Kier molecular flexibility index (Phi) is 6.34. The summed E-state index contributed by atoms with van der Waals surface area (Å²) in [6.45, 7) is 9.32. The molecule has 1 aliphatic heterocycles. The normalized spacial score (nSPS) is 19.7. The van der Waals surface area contributed by atoms with Crippen molar-refractivity contribution in [1.29, 1.82) is 0 Å². The molecule has 3 rings (SSSR count). The zero-order valence-corrected chi connectivity index (χ0v) is 16.9. The molecule has 0 saturated carbocycles. The van der Waals surface area contributed by atoms with E-state index in [2.05, 4.69) is 10.5 Å². The Morgan fingerprint density at radius 2 is 2.00 bits per heavy atom. The molecular weight excluding hydrogens is 361 g/mol. The Morgan fingerprint density at radius 1 is 1.29 bits per heavy atom.